The van der Waals surface area contributed by atoms with E-state index in [-0.39, 0.29) is 5.78 Å². The maximum atomic E-state index is 12.5. The van der Waals surface area contributed by atoms with Crippen molar-refractivity contribution in [3.8, 4) is 5.75 Å². The Morgan fingerprint density at radius 2 is 1.79 bits per heavy atom. The van der Waals surface area contributed by atoms with Crippen LogP contribution in [0.5, 0.6) is 5.75 Å². The number of ether oxygens (including phenoxy) is 1. The van der Waals surface area contributed by atoms with Crippen LogP contribution in [0, 0.1) is 0 Å². The molecule has 19 heavy (non-hydrogen) atoms. The van der Waals surface area contributed by atoms with Crippen LogP contribution < -0.4 is 4.74 Å². The fourth-order valence-corrected chi connectivity index (χ4v) is 2.76. The van der Waals surface area contributed by atoms with Crippen LogP contribution in [0.1, 0.15) is 15.9 Å². The second-order valence-electron chi connectivity index (χ2n) is 3.80. The minimum absolute atomic E-state index is 0.107. The predicted molar refractivity (Wildman–Crippen MR) is 83.3 cm³/mol. The molecule has 0 aliphatic heterocycles. The molecule has 0 unspecified atom stereocenters. The van der Waals surface area contributed by atoms with E-state index < -0.39 is 0 Å². The van der Waals surface area contributed by atoms with E-state index in [1.165, 1.54) is 0 Å². The highest BCUT2D eigenvalue weighted by Crippen LogP contribution is 2.29. The van der Waals surface area contributed by atoms with E-state index in [1.54, 1.807) is 43.5 Å². The summed E-state index contributed by atoms with van der Waals surface area (Å²) < 4.78 is 6.50. The van der Waals surface area contributed by atoms with Gasteiger partial charge in [0.05, 0.1) is 7.11 Å². The topological polar surface area (TPSA) is 26.3 Å². The van der Waals surface area contributed by atoms with Crippen LogP contribution in [0.15, 0.2) is 45.3 Å². The lowest BCUT2D eigenvalue weighted by Gasteiger charge is -2.08. The molecule has 5 heteroatoms. The first-order valence-corrected chi connectivity index (χ1v) is 7.32. The molecule has 0 aliphatic carbocycles. The zero-order valence-electron chi connectivity index (χ0n) is 9.91. The van der Waals surface area contributed by atoms with E-state index in [0.29, 0.717) is 30.8 Å². The quantitative estimate of drug-likeness (QED) is 0.665. The van der Waals surface area contributed by atoms with Gasteiger partial charge in [0.15, 0.2) is 5.78 Å². The molecular weight excluding hydrogens is 395 g/mol. The second-order valence-corrected chi connectivity index (χ2v) is 5.94. The summed E-state index contributed by atoms with van der Waals surface area (Å²) >= 11 is 12.7. The maximum Gasteiger partial charge on any atom is 0.195 e. The van der Waals surface area contributed by atoms with Crippen molar-refractivity contribution >= 4 is 49.2 Å². The molecule has 0 aromatic heterocycles. The number of carbonyl (C=O) groups is 1. The summed E-state index contributed by atoms with van der Waals surface area (Å²) in [6, 6.07) is 10.4. The highest BCUT2D eigenvalue weighted by Gasteiger charge is 2.16. The minimum Gasteiger partial charge on any atom is -0.497 e. The van der Waals surface area contributed by atoms with E-state index in [1.807, 2.05) is 0 Å². The first kappa shape index (κ1) is 14.6. The molecule has 0 heterocycles. The van der Waals surface area contributed by atoms with E-state index in [0.717, 1.165) is 0 Å². The SMILES string of the molecule is COc1ccc(C(=O)c2cc(Cl)ccc2Br)c(Br)c1. The Morgan fingerprint density at radius 3 is 2.42 bits per heavy atom. The van der Waals surface area contributed by atoms with Crippen LogP contribution in [0.2, 0.25) is 5.02 Å². The number of hydrogen-bond acceptors (Lipinski definition) is 2. The summed E-state index contributed by atoms with van der Waals surface area (Å²) in [7, 11) is 1.58. The molecular formula is C14H9Br2ClO2. The number of hydrogen-bond donors (Lipinski definition) is 0. The van der Waals surface area contributed by atoms with E-state index in [4.69, 9.17) is 16.3 Å². The van der Waals surface area contributed by atoms with Gasteiger partial charge >= 0.3 is 0 Å². The Balaban J connectivity index is 2.47. The van der Waals surface area contributed by atoms with Crippen molar-refractivity contribution in [3.63, 3.8) is 0 Å². The molecule has 0 radical (unpaired) electrons. The molecule has 2 rings (SSSR count). The average Bonchev–Trinajstić information content (AvgIpc) is 2.40. The summed E-state index contributed by atoms with van der Waals surface area (Å²) in [6.07, 6.45) is 0. The van der Waals surface area contributed by atoms with Gasteiger partial charge in [-0.15, -0.1) is 0 Å². The standard InChI is InChI=1S/C14H9Br2ClO2/c1-19-9-3-4-10(13(16)7-9)14(18)11-6-8(17)2-5-12(11)15/h2-7H,1H3. The third-order valence-corrected chi connectivity index (χ3v) is 4.18. The lowest BCUT2D eigenvalue weighted by atomic mass is 10.0. The van der Waals surface area contributed by atoms with Gasteiger partial charge in [0.1, 0.15) is 5.75 Å². The third kappa shape index (κ3) is 3.19. The summed E-state index contributed by atoms with van der Waals surface area (Å²) in [6.45, 7) is 0. The van der Waals surface area contributed by atoms with Crippen molar-refractivity contribution < 1.29 is 9.53 Å². The van der Waals surface area contributed by atoms with Crippen LogP contribution in [-0.4, -0.2) is 12.9 Å². The highest BCUT2D eigenvalue weighted by atomic mass is 79.9. The molecule has 98 valence electrons. The molecule has 0 saturated heterocycles. The van der Waals surface area contributed by atoms with Gasteiger partial charge in [0.2, 0.25) is 0 Å². The Morgan fingerprint density at radius 1 is 1.05 bits per heavy atom. The first-order valence-electron chi connectivity index (χ1n) is 5.36. The van der Waals surface area contributed by atoms with Gasteiger partial charge in [-0.2, -0.15) is 0 Å². The van der Waals surface area contributed by atoms with Crippen molar-refractivity contribution in [3.05, 3.63) is 61.5 Å². The van der Waals surface area contributed by atoms with Crippen LogP contribution in [0.3, 0.4) is 0 Å². The van der Waals surface area contributed by atoms with Gasteiger partial charge in [-0.1, -0.05) is 27.5 Å². The monoisotopic (exact) mass is 402 g/mol. The van der Waals surface area contributed by atoms with Crippen molar-refractivity contribution in [1.82, 2.24) is 0 Å². The molecule has 0 saturated carbocycles. The number of rotatable bonds is 3. The number of carbonyl (C=O) groups excluding carboxylic acids is 1. The predicted octanol–water partition coefficient (Wildman–Crippen LogP) is 5.10. The van der Waals surface area contributed by atoms with Crippen molar-refractivity contribution in [1.29, 1.82) is 0 Å². The fraction of sp³-hybridized carbons (Fsp3) is 0.0714. The van der Waals surface area contributed by atoms with Gasteiger partial charge in [0.25, 0.3) is 0 Å². The molecule has 0 fully saturated rings. The van der Waals surface area contributed by atoms with Crippen LogP contribution in [0.25, 0.3) is 0 Å². The van der Waals surface area contributed by atoms with E-state index >= 15 is 0 Å². The van der Waals surface area contributed by atoms with Gasteiger partial charge in [-0.3, -0.25) is 4.79 Å². The molecule has 2 nitrogen and oxygen atoms in total. The largest absolute Gasteiger partial charge is 0.497 e. The Hall–Kier alpha value is -0.840. The lowest BCUT2D eigenvalue weighted by Crippen LogP contribution is -2.03. The first-order chi connectivity index (χ1) is 9.02. The number of benzene rings is 2. The van der Waals surface area contributed by atoms with Crippen molar-refractivity contribution in [2.24, 2.45) is 0 Å². The average molecular weight is 404 g/mol. The molecule has 0 amide bonds. The van der Waals surface area contributed by atoms with Crippen molar-refractivity contribution in [2.45, 2.75) is 0 Å². The van der Waals surface area contributed by atoms with E-state index in [9.17, 15) is 4.79 Å². The summed E-state index contributed by atoms with van der Waals surface area (Å²) in [5, 5.41) is 0.524. The minimum atomic E-state index is -0.107. The molecule has 0 N–H and O–H groups in total. The highest BCUT2D eigenvalue weighted by molar-refractivity contribution is 9.11. The lowest BCUT2D eigenvalue weighted by molar-refractivity contribution is 0.103. The zero-order chi connectivity index (χ0) is 14.0. The number of methoxy groups -OCH3 is 1. The van der Waals surface area contributed by atoms with Gasteiger partial charge < -0.3 is 4.74 Å². The van der Waals surface area contributed by atoms with Crippen molar-refractivity contribution in [2.75, 3.05) is 7.11 Å². The fourth-order valence-electron chi connectivity index (χ4n) is 1.62. The molecule has 2 aromatic carbocycles. The third-order valence-electron chi connectivity index (χ3n) is 2.59. The van der Waals surface area contributed by atoms with Gasteiger partial charge in [-0.25, -0.2) is 0 Å². The number of ketones is 1. The Kier molecular flexibility index (Phi) is 4.66. The van der Waals surface area contributed by atoms with Gasteiger partial charge in [-0.05, 0) is 52.3 Å². The van der Waals surface area contributed by atoms with E-state index in [2.05, 4.69) is 31.9 Å². The molecule has 0 aliphatic rings. The maximum absolute atomic E-state index is 12.5. The molecule has 0 spiro atoms. The summed E-state index contributed by atoms with van der Waals surface area (Å²) in [5.41, 5.74) is 1.09. The van der Waals surface area contributed by atoms with Crippen LogP contribution >= 0.6 is 43.5 Å². The summed E-state index contributed by atoms with van der Waals surface area (Å²) in [5.74, 6) is 0.581. The van der Waals surface area contributed by atoms with Crippen LogP contribution in [-0.2, 0) is 0 Å². The van der Waals surface area contributed by atoms with Crippen LogP contribution in [0.4, 0.5) is 0 Å². The zero-order valence-corrected chi connectivity index (χ0v) is 13.8. The molecule has 2 aromatic rings. The van der Waals surface area contributed by atoms with Gasteiger partial charge in [0, 0.05) is 25.1 Å². The Labute approximate surface area is 133 Å². The Bertz CT molecular complexity index is 641. The smallest absolute Gasteiger partial charge is 0.195 e. The second kappa shape index (κ2) is 6.07. The molecule has 0 bridgehead atoms. The summed E-state index contributed by atoms with van der Waals surface area (Å²) in [4.78, 5) is 12.5. The molecule has 0 atom stereocenters. The normalized spacial score (nSPS) is 10.3. The number of halogens is 3.